The van der Waals surface area contributed by atoms with Gasteiger partial charge in [-0.3, -0.25) is 0 Å². The van der Waals surface area contributed by atoms with Crippen LogP contribution in [0.2, 0.25) is 0 Å². The van der Waals surface area contributed by atoms with Crippen molar-refractivity contribution in [1.29, 1.82) is 0 Å². The molecule has 1 atom stereocenters. The lowest BCUT2D eigenvalue weighted by Crippen LogP contribution is -2.09. The van der Waals surface area contributed by atoms with Crippen LogP contribution in [0.25, 0.3) is 11.0 Å². The second kappa shape index (κ2) is 6.60. The summed E-state index contributed by atoms with van der Waals surface area (Å²) in [6, 6.07) is 12.8. The highest BCUT2D eigenvalue weighted by Gasteiger charge is 2.14. The minimum Gasteiger partial charge on any atom is -0.368 e. The van der Waals surface area contributed by atoms with Gasteiger partial charge in [0.05, 0.1) is 11.6 Å². The second-order valence-corrected chi connectivity index (χ2v) is 5.55. The van der Waals surface area contributed by atoms with E-state index in [0.717, 1.165) is 29.8 Å². The first-order valence-electron chi connectivity index (χ1n) is 7.91. The number of unbranched alkanes of at least 4 members (excludes halogenated alkanes) is 1. The van der Waals surface area contributed by atoms with E-state index in [4.69, 9.17) is 0 Å². The number of nitrogens with zero attached hydrogens (tertiary/aromatic N) is 3. The topological polar surface area (TPSA) is 42.7 Å². The van der Waals surface area contributed by atoms with Crippen molar-refractivity contribution >= 4 is 16.9 Å². The number of rotatable bonds is 6. The zero-order valence-electron chi connectivity index (χ0n) is 13.2. The summed E-state index contributed by atoms with van der Waals surface area (Å²) in [6.45, 7) is 5.34. The second-order valence-electron chi connectivity index (χ2n) is 5.55. The van der Waals surface area contributed by atoms with Crippen LogP contribution >= 0.6 is 0 Å². The first-order chi connectivity index (χ1) is 10.8. The van der Waals surface area contributed by atoms with Crippen LogP contribution in [0.1, 0.15) is 38.3 Å². The van der Waals surface area contributed by atoms with Crippen LogP contribution in [0.5, 0.6) is 0 Å². The SMILES string of the molecule is CCCCNc1ncnc2ccn(C(C)c3ccccc3)c12. The summed E-state index contributed by atoms with van der Waals surface area (Å²) in [5.74, 6) is 0.922. The molecule has 0 amide bonds. The molecule has 0 aliphatic rings. The third kappa shape index (κ3) is 2.82. The Kier molecular flexibility index (Phi) is 4.37. The normalized spacial score (nSPS) is 12.5. The Morgan fingerprint density at radius 3 is 2.73 bits per heavy atom. The predicted octanol–water partition coefficient (Wildman–Crippen LogP) is 4.25. The lowest BCUT2D eigenvalue weighted by molar-refractivity contribution is 0.663. The van der Waals surface area contributed by atoms with E-state index in [1.807, 2.05) is 6.07 Å². The molecule has 2 aromatic heterocycles. The maximum atomic E-state index is 4.44. The van der Waals surface area contributed by atoms with Gasteiger partial charge in [-0.1, -0.05) is 43.7 Å². The third-order valence-electron chi connectivity index (χ3n) is 4.02. The number of anilines is 1. The molecule has 0 radical (unpaired) electrons. The van der Waals surface area contributed by atoms with Crippen LogP contribution in [0.15, 0.2) is 48.9 Å². The fraction of sp³-hybridized carbons (Fsp3) is 0.333. The van der Waals surface area contributed by atoms with Crippen molar-refractivity contribution in [3.8, 4) is 0 Å². The van der Waals surface area contributed by atoms with Gasteiger partial charge in [0.1, 0.15) is 11.8 Å². The van der Waals surface area contributed by atoms with E-state index in [1.165, 1.54) is 12.0 Å². The molecule has 1 aromatic carbocycles. The zero-order chi connectivity index (χ0) is 15.4. The van der Waals surface area contributed by atoms with E-state index < -0.39 is 0 Å². The predicted molar refractivity (Wildman–Crippen MR) is 91.2 cm³/mol. The summed E-state index contributed by atoms with van der Waals surface area (Å²) >= 11 is 0. The van der Waals surface area contributed by atoms with Crippen molar-refractivity contribution in [2.75, 3.05) is 11.9 Å². The molecule has 0 aliphatic heterocycles. The minimum atomic E-state index is 0.247. The highest BCUT2D eigenvalue weighted by atomic mass is 15.1. The Morgan fingerprint density at radius 2 is 1.95 bits per heavy atom. The molecular formula is C18H22N4. The minimum absolute atomic E-state index is 0.247. The van der Waals surface area contributed by atoms with Gasteiger partial charge >= 0.3 is 0 Å². The fourth-order valence-electron chi connectivity index (χ4n) is 2.72. The summed E-state index contributed by atoms with van der Waals surface area (Å²) in [6.07, 6.45) is 6.04. The van der Waals surface area contributed by atoms with Crippen molar-refractivity contribution in [3.63, 3.8) is 0 Å². The number of aromatic nitrogens is 3. The molecule has 4 heteroatoms. The monoisotopic (exact) mass is 294 g/mol. The lowest BCUT2D eigenvalue weighted by Gasteiger charge is -2.17. The Balaban J connectivity index is 1.99. The molecular weight excluding hydrogens is 272 g/mol. The molecule has 0 spiro atoms. The van der Waals surface area contributed by atoms with Gasteiger partial charge in [0.25, 0.3) is 0 Å². The average molecular weight is 294 g/mol. The maximum absolute atomic E-state index is 4.44. The number of hydrogen-bond donors (Lipinski definition) is 1. The van der Waals surface area contributed by atoms with E-state index >= 15 is 0 Å². The van der Waals surface area contributed by atoms with Crippen LogP contribution < -0.4 is 5.32 Å². The standard InChI is InChI=1S/C18H22N4/c1-3-4-11-19-18-17-16(20-13-21-18)10-12-22(17)14(2)15-8-6-5-7-9-15/h5-10,12-14H,3-4,11H2,1-2H3,(H,19,20,21). The quantitative estimate of drug-likeness (QED) is 0.691. The molecule has 0 fully saturated rings. The van der Waals surface area contributed by atoms with Crippen molar-refractivity contribution in [2.45, 2.75) is 32.7 Å². The Morgan fingerprint density at radius 1 is 1.14 bits per heavy atom. The van der Waals surface area contributed by atoms with Gasteiger partial charge in [0, 0.05) is 12.7 Å². The Labute approximate surface area is 131 Å². The van der Waals surface area contributed by atoms with Crippen LogP contribution in [0.4, 0.5) is 5.82 Å². The molecule has 2 heterocycles. The molecule has 3 rings (SSSR count). The van der Waals surface area contributed by atoms with Crippen LogP contribution in [-0.4, -0.2) is 21.1 Å². The molecule has 0 saturated heterocycles. The van der Waals surface area contributed by atoms with E-state index in [-0.39, 0.29) is 6.04 Å². The molecule has 114 valence electrons. The molecule has 0 aliphatic carbocycles. The molecule has 22 heavy (non-hydrogen) atoms. The van der Waals surface area contributed by atoms with E-state index in [1.54, 1.807) is 6.33 Å². The summed E-state index contributed by atoms with van der Waals surface area (Å²) in [7, 11) is 0. The fourth-order valence-corrected chi connectivity index (χ4v) is 2.72. The summed E-state index contributed by atoms with van der Waals surface area (Å²) < 4.78 is 2.25. The van der Waals surface area contributed by atoms with Crippen molar-refractivity contribution < 1.29 is 0 Å². The number of benzene rings is 1. The lowest BCUT2D eigenvalue weighted by atomic mass is 10.1. The largest absolute Gasteiger partial charge is 0.368 e. The smallest absolute Gasteiger partial charge is 0.154 e. The van der Waals surface area contributed by atoms with E-state index in [2.05, 4.69) is 70.2 Å². The Bertz CT molecular complexity index is 733. The Hall–Kier alpha value is -2.36. The molecule has 1 N–H and O–H groups in total. The van der Waals surface area contributed by atoms with Crippen molar-refractivity contribution in [2.24, 2.45) is 0 Å². The zero-order valence-corrected chi connectivity index (χ0v) is 13.2. The number of fused-ring (bicyclic) bond motifs is 1. The first-order valence-corrected chi connectivity index (χ1v) is 7.91. The van der Waals surface area contributed by atoms with Gasteiger partial charge < -0.3 is 9.88 Å². The summed E-state index contributed by atoms with van der Waals surface area (Å²) in [4.78, 5) is 8.84. The number of hydrogen-bond acceptors (Lipinski definition) is 3. The highest BCUT2D eigenvalue weighted by Crippen LogP contribution is 2.27. The molecule has 0 saturated carbocycles. The van der Waals surface area contributed by atoms with E-state index in [0.29, 0.717) is 0 Å². The van der Waals surface area contributed by atoms with Gasteiger partial charge in [0.15, 0.2) is 5.82 Å². The van der Waals surface area contributed by atoms with E-state index in [9.17, 15) is 0 Å². The summed E-state index contributed by atoms with van der Waals surface area (Å²) in [5.41, 5.74) is 3.34. The first kappa shape index (κ1) is 14.6. The molecule has 1 unspecified atom stereocenters. The average Bonchev–Trinajstić information content (AvgIpc) is 3.00. The van der Waals surface area contributed by atoms with Gasteiger partial charge in [0.2, 0.25) is 0 Å². The van der Waals surface area contributed by atoms with Gasteiger partial charge in [-0.15, -0.1) is 0 Å². The van der Waals surface area contributed by atoms with Gasteiger partial charge in [-0.2, -0.15) is 0 Å². The number of nitrogens with one attached hydrogen (secondary N) is 1. The van der Waals surface area contributed by atoms with Gasteiger partial charge in [-0.25, -0.2) is 9.97 Å². The van der Waals surface area contributed by atoms with Crippen LogP contribution in [-0.2, 0) is 0 Å². The van der Waals surface area contributed by atoms with Gasteiger partial charge in [-0.05, 0) is 25.0 Å². The van der Waals surface area contributed by atoms with Crippen molar-refractivity contribution in [1.82, 2.24) is 14.5 Å². The van der Waals surface area contributed by atoms with Crippen LogP contribution in [0, 0.1) is 0 Å². The third-order valence-corrected chi connectivity index (χ3v) is 4.02. The van der Waals surface area contributed by atoms with Crippen molar-refractivity contribution in [3.05, 3.63) is 54.5 Å². The van der Waals surface area contributed by atoms with Crippen LogP contribution in [0.3, 0.4) is 0 Å². The molecule has 0 bridgehead atoms. The highest BCUT2D eigenvalue weighted by molar-refractivity contribution is 5.86. The summed E-state index contributed by atoms with van der Waals surface area (Å²) in [5, 5.41) is 3.45. The molecule has 4 nitrogen and oxygen atoms in total. The maximum Gasteiger partial charge on any atom is 0.154 e. The molecule has 3 aromatic rings.